The minimum Gasteiger partial charge on any atom is -0.323 e. The maximum atomic E-state index is 2.75. The molecule has 0 amide bonds. The van der Waals surface area contributed by atoms with Gasteiger partial charge in [0.15, 0.2) is 0 Å². The summed E-state index contributed by atoms with van der Waals surface area (Å²) in [7, 11) is 3.75. The van der Waals surface area contributed by atoms with E-state index in [-0.39, 0.29) is 17.1 Å². The SMILES string of the molecule is CNC.[Cu+]. The van der Waals surface area contributed by atoms with Crippen LogP contribution >= 0.6 is 0 Å². The minimum atomic E-state index is 0. The summed E-state index contributed by atoms with van der Waals surface area (Å²) in [6.07, 6.45) is 0. The molecule has 0 aliphatic carbocycles. The molecule has 0 rings (SSSR count). The van der Waals surface area contributed by atoms with Crippen molar-refractivity contribution in [1.82, 2.24) is 5.32 Å². The van der Waals surface area contributed by atoms with Crippen molar-refractivity contribution in [1.29, 1.82) is 0 Å². The first-order valence-electron chi connectivity index (χ1n) is 1.00. The Labute approximate surface area is 37.2 Å². The molecule has 0 unspecified atom stereocenters. The fourth-order valence-electron chi connectivity index (χ4n) is 0. The van der Waals surface area contributed by atoms with Gasteiger partial charge in [-0.1, -0.05) is 0 Å². The molecule has 30 valence electrons. The van der Waals surface area contributed by atoms with E-state index in [4.69, 9.17) is 0 Å². The predicted molar refractivity (Wildman–Crippen MR) is 15.0 cm³/mol. The van der Waals surface area contributed by atoms with Crippen LogP contribution in [-0.4, -0.2) is 14.1 Å². The quantitative estimate of drug-likeness (QED) is 0.425. The second kappa shape index (κ2) is 9.77. The van der Waals surface area contributed by atoms with Crippen LogP contribution in [0.5, 0.6) is 0 Å². The van der Waals surface area contributed by atoms with Crippen molar-refractivity contribution in [2.75, 3.05) is 14.1 Å². The summed E-state index contributed by atoms with van der Waals surface area (Å²) in [5.41, 5.74) is 0. The number of rotatable bonds is 0. The molecule has 1 nitrogen and oxygen atoms in total. The van der Waals surface area contributed by atoms with Crippen LogP contribution in [0.1, 0.15) is 0 Å². The molecule has 0 heterocycles. The van der Waals surface area contributed by atoms with Crippen LogP contribution in [0.4, 0.5) is 0 Å². The van der Waals surface area contributed by atoms with Crippen LogP contribution in [0.3, 0.4) is 0 Å². The predicted octanol–water partition coefficient (Wildman–Crippen LogP) is -0.167. The van der Waals surface area contributed by atoms with E-state index in [1.165, 1.54) is 0 Å². The van der Waals surface area contributed by atoms with Gasteiger partial charge in [0.2, 0.25) is 0 Å². The van der Waals surface area contributed by atoms with Gasteiger partial charge in [0.1, 0.15) is 0 Å². The van der Waals surface area contributed by atoms with E-state index >= 15 is 0 Å². The Morgan fingerprint density at radius 1 is 1.25 bits per heavy atom. The van der Waals surface area contributed by atoms with Crippen LogP contribution in [0.25, 0.3) is 0 Å². The molecular weight excluding hydrogens is 102 g/mol. The molecule has 2 heteroatoms. The molecule has 4 heavy (non-hydrogen) atoms. The molecule has 1 N–H and O–H groups in total. The van der Waals surface area contributed by atoms with Crippen molar-refractivity contribution >= 4 is 0 Å². The zero-order valence-electron chi connectivity index (χ0n) is 2.80. The Kier molecular flexibility index (Phi) is 21.6. The van der Waals surface area contributed by atoms with E-state index in [1.807, 2.05) is 14.1 Å². The third kappa shape index (κ3) is 23.6. The van der Waals surface area contributed by atoms with Gasteiger partial charge in [-0.2, -0.15) is 0 Å². The first-order chi connectivity index (χ1) is 1.41. The zero-order valence-corrected chi connectivity index (χ0v) is 3.74. The standard InChI is InChI=1S/C2H7N.Cu/c1-3-2;/h3H,1-2H3;/q;+1. The van der Waals surface area contributed by atoms with E-state index in [2.05, 4.69) is 5.32 Å². The number of hydrogen-bond donors (Lipinski definition) is 1. The molecule has 0 saturated heterocycles. The van der Waals surface area contributed by atoms with Gasteiger partial charge in [-0.3, -0.25) is 0 Å². The number of hydrogen-bond acceptors (Lipinski definition) is 1. The average molecular weight is 109 g/mol. The first kappa shape index (κ1) is 8.82. The molecule has 0 aromatic rings. The van der Waals surface area contributed by atoms with Crippen molar-refractivity contribution < 1.29 is 17.1 Å². The molecule has 0 aromatic heterocycles. The minimum absolute atomic E-state index is 0. The van der Waals surface area contributed by atoms with Gasteiger partial charge >= 0.3 is 17.1 Å². The van der Waals surface area contributed by atoms with Crippen LogP contribution in [0.2, 0.25) is 0 Å². The Morgan fingerprint density at radius 2 is 1.25 bits per heavy atom. The van der Waals surface area contributed by atoms with Gasteiger partial charge in [-0.15, -0.1) is 0 Å². The summed E-state index contributed by atoms with van der Waals surface area (Å²) in [4.78, 5) is 0. The molecule has 0 radical (unpaired) electrons. The van der Waals surface area contributed by atoms with E-state index in [1.54, 1.807) is 0 Å². The van der Waals surface area contributed by atoms with Crippen LogP contribution in [0.15, 0.2) is 0 Å². The van der Waals surface area contributed by atoms with Crippen LogP contribution < -0.4 is 5.32 Å². The molecule has 0 bridgehead atoms. The fourth-order valence-corrected chi connectivity index (χ4v) is 0. The summed E-state index contributed by atoms with van der Waals surface area (Å²) in [6, 6.07) is 0. The normalized spacial score (nSPS) is 4.50. The summed E-state index contributed by atoms with van der Waals surface area (Å²) in [6.45, 7) is 0. The monoisotopic (exact) mass is 108 g/mol. The van der Waals surface area contributed by atoms with E-state index in [0.29, 0.717) is 0 Å². The third-order valence-electron chi connectivity index (χ3n) is 0. The first-order valence-corrected chi connectivity index (χ1v) is 1.00. The molecular formula is C2H7CuN+. The smallest absolute Gasteiger partial charge is 0.323 e. The molecule has 0 aliphatic heterocycles. The van der Waals surface area contributed by atoms with E-state index in [9.17, 15) is 0 Å². The largest absolute Gasteiger partial charge is 1.00 e. The average Bonchev–Trinajstić information content (AvgIpc) is 0.918. The van der Waals surface area contributed by atoms with Gasteiger partial charge in [-0.05, 0) is 14.1 Å². The second-order valence-electron chi connectivity index (χ2n) is 0.500. The maximum absolute atomic E-state index is 2.75. The van der Waals surface area contributed by atoms with Crippen LogP contribution in [-0.2, 0) is 17.1 Å². The van der Waals surface area contributed by atoms with Gasteiger partial charge in [0.25, 0.3) is 0 Å². The topological polar surface area (TPSA) is 12.0 Å². The Hall–Kier alpha value is 0.479. The van der Waals surface area contributed by atoms with E-state index in [0.717, 1.165) is 0 Å². The molecule has 0 saturated carbocycles. The number of nitrogens with one attached hydrogen (secondary N) is 1. The maximum Gasteiger partial charge on any atom is 1.00 e. The second-order valence-corrected chi connectivity index (χ2v) is 0.500. The molecule has 0 fully saturated rings. The van der Waals surface area contributed by atoms with Crippen molar-refractivity contribution in [3.05, 3.63) is 0 Å². The third-order valence-corrected chi connectivity index (χ3v) is 0. The fraction of sp³-hybridized carbons (Fsp3) is 1.00. The summed E-state index contributed by atoms with van der Waals surface area (Å²) >= 11 is 0. The Morgan fingerprint density at radius 3 is 1.25 bits per heavy atom. The van der Waals surface area contributed by atoms with Gasteiger partial charge in [0, 0.05) is 0 Å². The van der Waals surface area contributed by atoms with Crippen LogP contribution in [0, 0.1) is 0 Å². The zero-order chi connectivity index (χ0) is 2.71. The molecule has 0 aromatic carbocycles. The van der Waals surface area contributed by atoms with Crippen molar-refractivity contribution in [2.45, 2.75) is 0 Å². The summed E-state index contributed by atoms with van der Waals surface area (Å²) < 4.78 is 0. The van der Waals surface area contributed by atoms with E-state index < -0.39 is 0 Å². The van der Waals surface area contributed by atoms with Gasteiger partial charge in [0.05, 0.1) is 0 Å². The van der Waals surface area contributed by atoms with Crippen molar-refractivity contribution in [2.24, 2.45) is 0 Å². The summed E-state index contributed by atoms with van der Waals surface area (Å²) in [5, 5.41) is 2.75. The van der Waals surface area contributed by atoms with Crippen molar-refractivity contribution in [3.63, 3.8) is 0 Å². The Balaban J connectivity index is 0. The molecule has 0 spiro atoms. The summed E-state index contributed by atoms with van der Waals surface area (Å²) in [5.74, 6) is 0. The van der Waals surface area contributed by atoms with Gasteiger partial charge < -0.3 is 5.32 Å². The van der Waals surface area contributed by atoms with Gasteiger partial charge in [-0.25, -0.2) is 0 Å². The Bertz CT molecular complexity index is 6.00. The molecule has 0 atom stereocenters. The van der Waals surface area contributed by atoms with Crippen molar-refractivity contribution in [3.8, 4) is 0 Å². The molecule has 0 aliphatic rings.